The number of rotatable bonds is 4. The number of fused-ring (bicyclic) bond motifs is 1. The lowest BCUT2D eigenvalue weighted by Crippen LogP contribution is -2.39. The first-order valence-electron chi connectivity index (χ1n) is 10.2. The number of carbonyl (C=O) groups is 2. The molecule has 1 aliphatic heterocycles. The summed E-state index contributed by atoms with van der Waals surface area (Å²) in [6, 6.07) is 19.7. The van der Waals surface area contributed by atoms with Gasteiger partial charge in [-0.05, 0) is 48.0 Å². The molecule has 1 heterocycles. The number of halogens is 1. The molecule has 1 atom stereocenters. The molecule has 1 aliphatic rings. The molecule has 1 N–H and O–H groups in total. The van der Waals surface area contributed by atoms with Crippen LogP contribution in [0.25, 0.3) is 0 Å². The van der Waals surface area contributed by atoms with Gasteiger partial charge in [-0.1, -0.05) is 41.9 Å². The number of sulfonamides is 1. The van der Waals surface area contributed by atoms with E-state index in [1.165, 1.54) is 43.3 Å². The van der Waals surface area contributed by atoms with Crippen molar-refractivity contribution in [3.8, 4) is 0 Å². The number of benzene rings is 3. The normalized spacial score (nSPS) is 16.2. The fourth-order valence-electron chi connectivity index (χ4n) is 3.81. The second-order valence-corrected chi connectivity index (χ2v) is 10.4. The van der Waals surface area contributed by atoms with Crippen LogP contribution in [0.2, 0.25) is 5.02 Å². The average molecular weight is 484 g/mol. The summed E-state index contributed by atoms with van der Waals surface area (Å²) in [6.07, 6.45) is 0. The maximum absolute atomic E-state index is 13.6. The summed E-state index contributed by atoms with van der Waals surface area (Å²) >= 11 is 6.27. The highest BCUT2D eigenvalue weighted by Crippen LogP contribution is 2.38. The number of amides is 2. The van der Waals surface area contributed by atoms with Crippen molar-refractivity contribution >= 4 is 39.1 Å². The van der Waals surface area contributed by atoms with E-state index in [1.807, 2.05) is 30.3 Å². The van der Waals surface area contributed by atoms with Crippen LogP contribution in [-0.4, -0.2) is 50.1 Å². The van der Waals surface area contributed by atoms with Gasteiger partial charge in [0.25, 0.3) is 5.91 Å². The third-order valence-electron chi connectivity index (χ3n) is 5.46. The Kier molecular flexibility index (Phi) is 6.25. The Hall–Kier alpha value is -3.20. The van der Waals surface area contributed by atoms with Gasteiger partial charge >= 0.3 is 0 Å². The molecule has 3 aromatic rings. The Labute approximate surface area is 197 Å². The van der Waals surface area contributed by atoms with E-state index < -0.39 is 22.0 Å². The number of nitrogens with one attached hydrogen (secondary N) is 1. The average Bonchev–Trinajstić information content (AvgIpc) is 2.94. The Morgan fingerprint density at radius 3 is 2.33 bits per heavy atom. The summed E-state index contributed by atoms with van der Waals surface area (Å²) in [5.41, 5.74) is 2.37. The predicted octanol–water partition coefficient (Wildman–Crippen LogP) is 3.77. The Balaban J connectivity index is 1.80. The molecule has 0 aromatic heterocycles. The summed E-state index contributed by atoms with van der Waals surface area (Å²) in [6.45, 7) is -0.178. The Bertz CT molecular complexity index is 1310. The first-order chi connectivity index (χ1) is 15.7. The van der Waals surface area contributed by atoms with Crippen LogP contribution in [0.15, 0.2) is 77.7 Å². The van der Waals surface area contributed by atoms with E-state index in [0.717, 1.165) is 9.87 Å². The topological polar surface area (TPSA) is 86.8 Å². The van der Waals surface area contributed by atoms with Gasteiger partial charge in [0.1, 0.15) is 6.54 Å². The van der Waals surface area contributed by atoms with Crippen molar-refractivity contribution in [1.82, 2.24) is 9.21 Å². The highest BCUT2D eigenvalue weighted by Gasteiger charge is 2.34. The first-order valence-corrected chi connectivity index (χ1v) is 12.0. The first kappa shape index (κ1) is 23.0. The molecule has 7 nitrogen and oxygen atoms in total. The summed E-state index contributed by atoms with van der Waals surface area (Å²) in [5.74, 6) is -0.738. The van der Waals surface area contributed by atoms with E-state index in [9.17, 15) is 18.0 Å². The molecule has 0 fully saturated rings. The van der Waals surface area contributed by atoms with Gasteiger partial charge in [0.05, 0.1) is 10.9 Å². The van der Waals surface area contributed by atoms with Crippen molar-refractivity contribution in [1.29, 1.82) is 0 Å². The second-order valence-electron chi connectivity index (χ2n) is 7.84. The van der Waals surface area contributed by atoms with Gasteiger partial charge in [-0.3, -0.25) is 9.59 Å². The van der Waals surface area contributed by atoms with E-state index in [2.05, 4.69) is 5.32 Å². The molecule has 0 aliphatic carbocycles. The van der Waals surface area contributed by atoms with Gasteiger partial charge in [-0.15, -0.1) is 0 Å². The van der Waals surface area contributed by atoms with Crippen LogP contribution in [0.1, 0.15) is 27.5 Å². The lowest BCUT2D eigenvalue weighted by atomic mass is 9.95. The van der Waals surface area contributed by atoms with Crippen molar-refractivity contribution in [2.75, 3.05) is 26.0 Å². The Morgan fingerprint density at radius 1 is 1.03 bits per heavy atom. The SMILES string of the molecule is CN(C)S(=O)(=O)c1ccc(C(=O)N2CC(=O)Nc3ccc(Cl)cc3C2c2ccccc2)cc1. The molecule has 33 heavy (non-hydrogen) atoms. The predicted molar refractivity (Wildman–Crippen MR) is 127 cm³/mol. The molecular formula is C24H22ClN3O4S. The second kappa shape index (κ2) is 8.97. The quantitative estimate of drug-likeness (QED) is 0.612. The number of hydrogen-bond donors (Lipinski definition) is 1. The van der Waals surface area contributed by atoms with Gasteiger partial charge in [-0.2, -0.15) is 0 Å². The van der Waals surface area contributed by atoms with Crippen LogP contribution in [0, 0.1) is 0 Å². The summed E-state index contributed by atoms with van der Waals surface area (Å²) < 4.78 is 25.9. The molecule has 3 aromatic carbocycles. The van der Waals surface area contributed by atoms with Crippen molar-refractivity contribution < 1.29 is 18.0 Å². The van der Waals surface area contributed by atoms with Crippen LogP contribution in [0.3, 0.4) is 0 Å². The maximum atomic E-state index is 13.6. The monoisotopic (exact) mass is 483 g/mol. The molecule has 0 spiro atoms. The highest BCUT2D eigenvalue weighted by atomic mass is 35.5. The minimum Gasteiger partial charge on any atom is -0.324 e. The molecule has 0 saturated heterocycles. The number of nitrogens with zero attached hydrogens (tertiary/aromatic N) is 2. The van der Waals surface area contributed by atoms with Crippen molar-refractivity contribution in [3.05, 3.63) is 94.5 Å². The minimum atomic E-state index is -3.63. The molecule has 1 unspecified atom stereocenters. The molecule has 170 valence electrons. The lowest BCUT2D eigenvalue weighted by Gasteiger charge is -2.30. The zero-order chi connectivity index (χ0) is 23.8. The van der Waals surface area contributed by atoms with Gasteiger partial charge in [0.15, 0.2) is 0 Å². The van der Waals surface area contributed by atoms with E-state index >= 15 is 0 Å². The van der Waals surface area contributed by atoms with Crippen molar-refractivity contribution in [3.63, 3.8) is 0 Å². The minimum absolute atomic E-state index is 0.0781. The lowest BCUT2D eigenvalue weighted by molar-refractivity contribution is -0.117. The molecule has 2 amide bonds. The summed E-state index contributed by atoms with van der Waals surface area (Å²) in [7, 11) is -0.744. The fourth-order valence-corrected chi connectivity index (χ4v) is 4.89. The smallest absolute Gasteiger partial charge is 0.255 e. The number of hydrogen-bond acceptors (Lipinski definition) is 4. The third kappa shape index (κ3) is 4.50. The van der Waals surface area contributed by atoms with Crippen LogP contribution < -0.4 is 5.32 Å². The molecule has 9 heteroatoms. The molecule has 4 rings (SSSR count). The molecule has 0 bridgehead atoms. The highest BCUT2D eigenvalue weighted by molar-refractivity contribution is 7.89. The zero-order valence-corrected chi connectivity index (χ0v) is 19.6. The van der Waals surface area contributed by atoms with Gasteiger partial charge < -0.3 is 10.2 Å². The standard InChI is InChI=1S/C24H22ClN3O4S/c1-27(2)33(31,32)19-11-8-17(9-12-19)24(30)28-15-22(29)26-21-13-10-18(25)14-20(21)23(28)16-6-4-3-5-7-16/h3-14,23H,15H2,1-2H3,(H,26,29). The molecular weight excluding hydrogens is 462 g/mol. The summed E-state index contributed by atoms with van der Waals surface area (Å²) in [5, 5.41) is 3.33. The van der Waals surface area contributed by atoms with Crippen LogP contribution >= 0.6 is 11.6 Å². The van der Waals surface area contributed by atoms with Crippen LogP contribution in [0.4, 0.5) is 5.69 Å². The molecule has 0 saturated carbocycles. The number of carbonyl (C=O) groups excluding carboxylic acids is 2. The van der Waals surface area contributed by atoms with E-state index in [-0.39, 0.29) is 22.9 Å². The molecule has 0 radical (unpaired) electrons. The van der Waals surface area contributed by atoms with Gasteiger partial charge in [-0.25, -0.2) is 12.7 Å². The van der Waals surface area contributed by atoms with Gasteiger partial charge in [0.2, 0.25) is 15.9 Å². The zero-order valence-electron chi connectivity index (χ0n) is 18.0. The van der Waals surface area contributed by atoms with Crippen LogP contribution in [-0.2, 0) is 14.8 Å². The Morgan fingerprint density at radius 2 is 1.70 bits per heavy atom. The van der Waals surface area contributed by atoms with Gasteiger partial charge in [0, 0.05) is 35.9 Å². The van der Waals surface area contributed by atoms with E-state index in [0.29, 0.717) is 16.3 Å². The maximum Gasteiger partial charge on any atom is 0.255 e. The summed E-state index contributed by atoms with van der Waals surface area (Å²) in [4.78, 5) is 27.9. The van der Waals surface area contributed by atoms with Crippen molar-refractivity contribution in [2.24, 2.45) is 0 Å². The number of anilines is 1. The van der Waals surface area contributed by atoms with Crippen LogP contribution in [0.5, 0.6) is 0 Å². The third-order valence-corrected chi connectivity index (χ3v) is 7.53. The largest absolute Gasteiger partial charge is 0.324 e. The van der Waals surface area contributed by atoms with Crippen molar-refractivity contribution in [2.45, 2.75) is 10.9 Å². The van der Waals surface area contributed by atoms with E-state index in [1.54, 1.807) is 18.2 Å². The van der Waals surface area contributed by atoms with E-state index in [4.69, 9.17) is 11.6 Å². The fraction of sp³-hybridized carbons (Fsp3) is 0.167.